The molecule has 0 amide bonds. The highest BCUT2D eigenvalue weighted by Gasteiger charge is 2.06. The number of hydrogen-bond donors (Lipinski definition) is 0. The lowest BCUT2D eigenvalue weighted by Gasteiger charge is -1.95. The molecule has 3 nitrogen and oxygen atoms in total. The average molecular weight is 183 g/mol. The Morgan fingerprint density at radius 1 is 1.50 bits per heavy atom. The molecule has 0 saturated heterocycles. The number of aromatic nitrogens is 2. The van der Waals surface area contributed by atoms with Gasteiger partial charge >= 0.3 is 0 Å². The first-order valence-electron chi connectivity index (χ1n) is 3.50. The van der Waals surface area contributed by atoms with Crippen LogP contribution in [-0.2, 0) is 7.05 Å². The lowest BCUT2D eigenvalue weighted by molar-refractivity contribution is 0.576. The van der Waals surface area contributed by atoms with E-state index in [0.717, 1.165) is 5.82 Å². The molecule has 2 heterocycles. The molecular weight excluding hydrogens is 176 g/mol. The maximum atomic E-state index is 5.63. The lowest BCUT2D eigenvalue weighted by Crippen LogP contribution is -1.88. The van der Waals surface area contributed by atoms with Crippen molar-refractivity contribution >= 4 is 11.6 Å². The largest absolute Gasteiger partial charge is 0.441 e. The summed E-state index contributed by atoms with van der Waals surface area (Å²) in [7, 11) is 1.90. The molecule has 12 heavy (non-hydrogen) atoms. The molecule has 0 radical (unpaired) electrons. The van der Waals surface area contributed by atoms with Crippen LogP contribution in [0.4, 0.5) is 0 Å². The summed E-state index contributed by atoms with van der Waals surface area (Å²) in [5.41, 5.74) is 0. The quantitative estimate of drug-likeness (QED) is 0.678. The van der Waals surface area contributed by atoms with Crippen molar-refractivity contribution in [3.63, 3.8) is 0 Å². The Bertz CT molecular complexity index is 391. The third kappa shape index (κ3) is 1.12. The van der Waals surface area contributed by atoms with Gasteiger partial charge in [0.15, 0.2) is 16.8 Å². The van der Waals surface area contributed by atoms with Gasteiger partial charge < -0.3 is 8.98 Å². The van der Waals surface area contributed by atoms with E-state index in [4.69, 9.17) is 16.0 Å². The standard InChI is InChI=1S/C8H7ClN2O/c1-11-5-4-10-8(11)6-2-3-7(9)12-6/h2-5H,1H3. The van der Waals surface area contributed by atoms with E-state index in [1.54, 1.807) is 18.3 Å². The van der Waals surface area contributed by atoms with Crippen LogP contribution in [0.1, 0.15) is 0 Å². The highest BCUT2D eigenvalue weighted by molar-refractivity contribution is 6.28. The summed E-state index contributed by atoms with van der Waals surface area (Å²) >= 11 is 5.63. The van der Waals surface area contributed by atoms with Crippen molar-refractivity contribution < 1.29 is 4.42 Å². The minimum absolute atomic E-state index is 0.382. The zero-order valence-electron chi connectivity index (χ0n) is 6.49. The van der Waals surface area contributed by atoms with Crippen molar-refractivity contribution in [2.45, 2.75) is 0 Å². The molecule has 0 bridgehead atoms. The Kier molecular flexibility index (Phi) is 1.66. The Morgan fingerprint density at radius 2 is 2.33 bits per heavy atom. The smallest absolute Gasteiger partial charge is 0.194 e. The monoisotopic (exact) mass is 182 g/mol. The van der Waals surface area contributed by atoms with Gasteiger partial charge in [-0.15, -0.1) is 0 Å². The first-order valence-corrected chi connectivity index (χ1v) is 3.88. The second kappa shape index (κ2) is 2.68. The van der Waals surface area contributed by atoms with Gasteiger partial charge in [-0.3, -0.25) is 0 Å². The highest BCUT2D eigenvalue weighted by atomic mass is 35.5. The molecule has 2 rings (SSSR count). The van der Waals surface area contributed by atoms with Gasteiger partial charge in [0.05, 0.1) is 0 Å². The Balaban J connectivity index is 2.50. The van der Waals surface area contributed by atoms with Gasteiger partial charge in [-0.2, -0.15) is 0 Å². The Morgan fingerprint density at radius 3 is 2.83 bits per heavy atom. The van der Waals surface area contributed by atoms with Crippen molar-refractivity contribution in [3.8, 4) is 11.6 Å². The molecular formula is C8H7ClN2O. The fourth-order valence-corrected chi connectivity index (χ4v) is 1.18. The van der Waals surface area contributed by atoms with Crippen LogP contribution in [0, 0.1) is 0 Å². The van der Waals surface area contributed by atoms with Crippen LogP contribution in [0.3, 0.4) is 0 Å². The van der Waals surface area contributed by atoms with Gasteiger partial charge in [0.1, 0.15) is 0 Å². The number of nitrogens with zero attached hydrogens (tertiary/aromatic N) is 2. The van der Waals surface area contributed by atoms with Gasteiger partial charge in [0.25, 0.3) is 0 Å². The average Bonchev–Trinajstić information content (AvgIpc) is 2.58. The van der Waals surface area contributed by atoms with Crippen molar-refractivity contribution in [3.05, 3.63) is 29.7 Å². The van der Waals surface area contributed by atoms with Crippen LogP contribution >= 0.6 is 11.6 Å². The van der Waals surface area contributed by atoms with Crippen LogP contribution in [0.2, 0.25) is 5.22 Å². The number of rotatable bonds is 1. The second-order valence-corrected chi connectivity index (χ2v) is 2.84. The molecule has 2 aromatic heterocycles. The molecule has 0 saturated carbocycles. The van der Waals surface area contributed by atoms with Crippen molar-refractivity contribution in [1.82, 2.24) is 9.55 Å². The molecule has 0 aromatic carbocycles. The summed E-state index contributed by atoms with van der Waals surface area (Å²) in [5, 5.41) is 0.382. The number of imidazole rings is 1. The lowest BCUT2D eigenvalue weighted by atomic mass is 10.4. The maximum absolute atomic E-state index is 5.63. The highest BCUT2D eigenvalue weighted by Crippen LogP contribution is 2.22. The summed E-state index contributed by atoms with van der Waals surface area (Å²) in [4.78, 5) is 4.11. The molecule has 0 spiro atoms. The van der Waals surface area contributed by atoms with Crippen LogP contribution in [0.5, 0.6) is 0 Å². The van der Waals surface area contributed by atoms with E-state index in [1.165, 1.54) is 0 Å². The number of aryl methyl sites for hydroxylation is 1. The van der Waals surface area contributed by atoms with Crippen LogP contribution in [0.15, 0.2) is 28.9 Å². The molecule has 0 atom stereocenters. The molecule has 4 heteroatoms. The molecule has 0 aliphatic rings. The van der Waals surface area contributed by atoms with E-state index in [0.29, 0.717) is 11.0 Å². The number of halogens is 1. The zero-order chi connectivity index (χ0) is 8.55. The van der Waals surface area contributed by atoms with Crippen LogP contribution in [0.25, 0.3) is 11.6 Å². The SMILES string of the molecule is Cn1ccnc1-c1ccc(Cl)o1. The van der Waals surface area contributed by atoms with Crippen molar-refractivity contribution in [2.75, 3.05) is 0 Å². The van der Waals surface area contributed by atoms with Crippen LogP contribution < -0.4 is 0 Å². The van der Waals surface area contributed by atoms with Gasteiger partial charge in [0, 0.05) is 19.4 Å². The second-order valence-electron chi connectivity index (χ2n) is 2.47. The third-order valence-corrected chi connectivity index (χ3v) is 1.82. The summed E-state index contributed by atoms with van der Waals surface area (Å²) in [6.45, 7) is 0. The number of furan rings is 1. The molecule has 62 valence electrons. The van der Waals surface area contributed by atoms with E-state index < -0.39 is 0 Å². The van der Waals surface area contributed by atoms with E-state index in [-0.39, 0.29) is 0 Å². The zero-order valence-corrected chi connectivity index (χ0v) is 7.25. The molecule has 0 aliphatic carbocycles. The molecule has 0 unspecified atom stereocenters. The van der Waals surface area contributed by atoms with E-state index >= 15 is 0 Å². The van der Waals surface area contributed by atoms with Crippen molar-refractivity contribution in [2.24, 2.45) is 7.05 Å². The predicted molar refractivity (Wildman–Crippen MR) is 45.9 cm³/mol. The maximum Gasteiger partial charge on any atom is 0.194 e. The van der Waals surface area contributed by atoms with Gasteiger partial charge in [-0.1, -0.05) is 0 Å². The normalized spacial score (nSPS) is 10.5. The minimum atomic E-state index is 0.382. The Labute approximate surface area is 74.6 Å². The summed E-state index contributed by atoms with van der Waals surface area (Å²) in [6, 6.07) is 3.50. The van der Waals surface area contributed by atoms with Gasteiger partial charge in [-0.05, 0) is 23.7 Å². The predicted octanol–water partition coefficient (Wildman–Crippen LogP) is 2.33. The topological polar surface area (TPSA) is 31.0 Å². The minimum Gasteiger partial charge on any atom is -0.441 e. The third-order valence-electron chi connectivity index (χ3n) is 1.61. The summed E-state index contributed by atoms with van der Waals surface area (Å²) < 4.78 is 7.06. The van der Waals surface area contributed by atoms with Crippen molar-refractivity contribution in [1.29, 1.82) is 0 Å². The first-order chi connectivity index (χ1) is 5.77. The molecule has 2 aromatic rings. The summed E-state index contributed by atoms with van der Waals surface area (Å²) in [6.07, 6.45) is 3.57. The van der Waals surface area contributed by atoms with Gasteiger partial charge in [-0.25, -0.2) is 4.98 Å². The van der Waals surface area contributed by atoms with E-state index in [2.05, 4.69) is 4.98 Å². The molecule has 0 fully saturated rings. The molecule has 0 N–H and O–H groups in total. The fourth-order valence-electron chi connectivity index (χ4n) is 1.04. The summed E-state index contributed by atoms with van der Waals surface area (Å²) in [5.74, 6) is 1.47. The Hall–Kier alpha value is -1.22. The molecule has 0 aliphatic heterocycles. The van der Waals surface area contributed by atoms with E-state index in [1.807, 2.05) is 17.8 Å². The van der Waals surface area contributed by atoms with E-state index in [9.17, 15) is 0 Å². The number of hydrogen-bond acceptors (Lipinski definition) is 2. The first kappa shape index (κ1) is 7.43. The van der Waals surface area contributed by atoms with Gasteiger partial charge in [0.2, 0.25) is 0 Å². The van der Waals surface area contributed by atoms with Crippen LogP contribution in [-0.4, -0.2) is 9.55 Å². The fraction of sp³-hybridized carbons (Fsp3) is 0.125.